The molecule has 0 fully saturated rings. The summed E-state index contributed by atoms with van der Waals surface area (Å²) in [5.74, 6) is 0. The van der Waals surface area contributed by atoms with Crippen molar-refractivity contribution in [1.82, 2.24) is 0 Å². The lowest BCUT2D eigenvalue weighted by Gasteiger charge is -2.25. The number of fused-ring (bicyclic) bond motifs is 1. The Morgan fingerprint density at radius 3 is 1.64 bits per heavy atom. The Balaban J connectivity index is 1.06. The van der Waals surface area contributed by atoms with E-state index in [1.807, 2.05) is 0 Å². The van der Waals surface area contributed by atoms with Crippen molar-refractivity contribution in [3.8, 4) is 0 Å². The number of anilines is 3. The summed E-state index contributed by atoms with van der Waals surface area (Å²) in [5.41, 5.74) is 11.0. The molecule has 0 N–H and O–H groups in total. The Kier molecular flexibility index (Phi) is 8.18. The van der Waals surface area contributed by atoms with Crippen LogP contribution in [0.5, 0.6) is 0 Å². The molecule has 0 bridgehead atoms. The van der Waals surface area contributed by atoms with Crippen LogP contribution in [0.1, 0.15) is 66.3 Å². The Morgan fingerprint density at radius 1 is 0.500 bits per heavy atom. The molecule has 5 rings (SSSR count). The van der Waals surface area contributed by atoms with Gasteiger partial charge in [-0.1, -0.05) is 91.9 Å². The van der Waals surface area contributed by atoms with E-state index in [9.17, 15) is 0 Å². The minimum atomic E-state index is 1.17. The van der Waals surface area contributed by atoms with Crippen molar-refractivity contribution in [1.29, 1.82) is 0 Å². The van der Waals surface area contributed by atoms with Crippen LogP contribution in [0.15, 0.2) is 97.1 Å². The highest BCUT2D eigenvalue weighted by molar-refractivity contribution is 5.76. The summed E-state index contributed by atoms with van der Waals surface area (Å²) < 4.78 is 0. The first-order chi connectivity index (χ1) is 17.8. The van der Waals surface area contributed by atoms with E-state index < -0.39 is 0 Å². The van der Waals surface area contributed by atoms with Gasteiger partial charge in [-0.15, -0.1) is 0 Å². The Bertz CT molecular complexity index is 1220. The number of rotatable bonds is 12. The SMILES string of the molecule is Cc1ccc(N(c2ccccc2)c2ccc(CCCCCCCCc3ccc4c(c3)CC4)cc2)cc1. The summed E-state index contributed by atoms with van der Waals surface area (Å²) in [6, 6.07) is 35.8. The average molecular weight is 474 g/mol. The Morgan fingerprint density at radius 2 is 1.03 bits per heavy atom. The quantitative estimate of drug-likeness (QED) is 0.185. The maximum Gasteiger partial charge on any atom is 0.0461 e. The fourth-order valence-corrected chi connectivity index (χ4v) is 5.30. The average Bonchev–Trinajstić information content (AvgIpc) is 2.90. The highest BCUT2D eigenvalue weighted by Gasteiger charge is 2.13. The molecule has 4 aromatic rings. The van der Waals surface area contributed by atoms with Crippen molar-refractivity contribution >= 4 is 17.1 Å². The zero-order valence-electron chi connectivity index (χ0n) is 21.8. The predicted molar refractivity (Wildman–Crippen MR) is 155 cm³/mol. The maximum absolute atomic E-state index is 2.45. The second-order valence-corrected chi connectivity index (χ2v) is 10.4. The van der Waals surface area contributed by atoms with Gasteiger partial charge >= 0.3 is 0 Å². The van der Waals surface area contributed by atoms with Crippen LogP contribution in [0, 0.1) is 6.92 Å². The van der Waals surface area contributed by atoms with Gasteiger partial charge in [0, 0.05) is 17.1 Å². The van der Waals surface area contributed by atoms with Crippen molar-refractivity contribution in [3.63, 3.8) is 0 Å². The van der Waals surface area contributed by atoms with Crippen LogP contribution in [0.3, 0.4) is 0 Å². The minimum Gasteiger partial charge on any atom is -0.311 e. The fraction of sp³-hybridized carbons (Fsp3) is 0.314. The molecule has 1 heteroatoms. The molecule has 0 heterocycles. The van der Waals surface area contributed by atoms with E-state index in [2.05, 4.69) is 109 Å². The molecule has 36 heavy (non-hydrogen) atoms. The third-order valence-corrected chi connectivity index (χ3v) is 7.62. The number of unbranched alkanes of at least 4 members (excludes halogenated alkanes) is 5. The number of hydrogen-bond donors (Lipinski definition) is 0. The summed E-state index contributed by atoms with van der Waals surface area (Å²) in [6.45, 7) is 2.14. The fourth-order valence-electron chi connectivity index (χ4n) is 5.30. The second kappa shape index (κ2) is 12.1. The molecule has 1 aliphatic rings. The molecule has 0 atom stereocenters. The molecule has 1 aliphatic carbocycles. The van der Waals surface area contributed by atoms with Crippen LogP contribution in [-0.4, -0.2) is 0 Å². The number of benzene rings is 4. The molecule has 0 spiro atoms. The summed E-state index contributed by atoms with van der Waals surface area (Å²) in [4.78, 5) is 2.34. The first-order valence-corrected chi connectivity index (χ1v) is 13.9. The highest BCUT2D eigenvalue weighted by Crippen LogP contribution is 2.34. The predicted octanol–water partition coefficient (Wildman–Crippen LogP) is 9.69. The van der Waals surface area contributed by atoms with E-state index in [1.54, 1.807) is 16.7 Å². The molecule has 0 saturated heterocycles. The minimum absolute atomic E-state index is 1.17. The zero-order valence-corrected chi connectivity index (χ0v) is 21.8. The van der Waals surface area contributed by atoms with Gasteiger partial charge in [-0.25, -0.2) is 0 Å². The van der Waals surface area contributed by atoms with Gasteiger partial charge in [0.25, 0.3) is 0 Å². The lowest BCUT2D eigenvalue weighted by Crippen LogP contribution is -2.09. The molecule has 0 aromatic heterocycles. The van der Waals surface area contributed by atoms with Crippen LogP contribution in [0.25, 0.3) is 0 Å². The van der Waals surface area contributed by atoms with Gasteiger partial charge in [0.1, 0.15) is 0 Å². The van der Waals surface area contributed by atoms with Crippen molar-refractivity contribution in [2.45, 2.75) is 71.1 Å². The standard InChI is InChI=1S/C35H39N/c1-28-15-23-34(24-16-28)36(33-13-9-6-10-14-33)35-25-18-29(19-26-35)11-7-4-2-3-5-8-12-30-17-20-31-21-22-32(31)27-30/h6,9-10,13-20,23-27H,2-5,7-8,11-12,21-22H2,1H3. The Hall–Kier alpha value is -3.32. The third-order valence-electron chi connectivity index (χ3n) is 7.62. The number of aryl methyl sites for hydroxylation is 5. The van der Waals surface area contributed by atoms with Crippen molar-refractivity contribution in [3.05, 3.63) is 125 Å². The highest BCUT2D eigenvalue weighted by atomic mass is 15.1. The van der Waals surface area contributed by atoms with E-state index in [4.69, 9.17) is 0 Å². The number of para-hydroxylation sites is 1. The largest absolute Gasteiger partial charge is 0.311 e. The molecule has 4 aromatic carbocycles. The smallest absolute Gasteiger partial charge is 0.0461 e. The lowest BCUT2D eigenvalue weighted by atomic mass is 9.86. The Labute approximate surface area is 217 Å². The number of nitrogens with zero attached hydrogens (tertiary/aromatic N) is 1. The van der Waals surface area contributed by atoms with Crippen molar-refractivity contribution in [2.75, 3.05) is 4.90 Å². The molecule has 184 valence electrons. The lowest BCUT2D eigenvalue weighted by molar-refractivity contribution is 0.593. The summed E-state index contributed by atoms with van der Waals surface area (Å²) >= 11 is 0. The van der Waals surface area contributed by atoms with Crippen molar-refractivity contribution < 1.29 is 0 Å². The van der Waals surface area contributed by atoms with Crippen LogP contribution >= 0.6 is 0 Å². The van der Waals surface area contributed by atoms with E-state index in [1.165, 1.54) is 92.4 Å². The molecule has 0 unspecified atom stereocenters. The van der Waals surface area contributed by atoms with Gasteiger partial charge < -0.3 is 4.90 Å². The van der Waals surface area contributed by atoms with E-state index in [-0.39, 0.29) is 0 Å². The second-order valence-electron chi connectivity index (χ2n) is 10.4. The van der Waals surface area contributed by atoms with Crippen molar-refractivity contribution in [2.24, 2.45) is 0 Å². The normalized spacial score (nSPS) is 12.1. The summed E-state index contributed by atoms with van der Waals surface area (Å²) in [7, 11) is 0. The van der Waals surface area contributed by atoms with Gasteiger partial charge in [-0.2, -0.15) is 0 Å². The molecule has 0 amide bonds. The van der Waals surface area contributed by atoms with E-state index in [0.29, 0.717) is 0 Å². The molecule has 0 aliphatic heterocycles. The summed E-state index contributed by atoms with van der Waals surface area (Å²) in [6.07, 6.45) is 13.0. The van der Waals surface area contributed by atoms with Crippen LogP contribution in [0.4, 0.5) is 17.1 Å². The topological polar surface area (TPSA) is 3.24 Å². The first kappa shape index (κ1) is 24.4. The van der Waals surface area contributed by atoms with Crippen LogP contribution in [0.2, 0.25) is 0 Å². The molecule has 0 saturated carbocycles. The third kappa shape index (κ3) is 6.26. The molecule has 1 nitrogen and oxygen atoms in total. The van der Waals surface area contributed by atoms with Gasteiger partial charge in [-0.3, -0.25) is 0 Å². The van der Waals surface area contributed by atoms with Gasteiger partial charge in [0.05, 0.1) is 0 Å². The number of hydrogen-bond acceptors (Lipinski definition) is 1. The van der Waals surface area contributed by atoms with Gasteiger partial charge in [0.15, 0.2) is 0 Å². The van der Waals surface area contributed by atoms with Gasteiger partial charge in [-0.05, 0) is 104 Å². The van der Waals surface area contributed by atoms with Crippen LogP contribution in [-0.2, 0) is 25.7 Å². The first-order valence-electron chi connectivity index (χ1n) is 13.9. The monoisotopic (exact) mass is 473 g/mol. The van der Waals surface area contributed by atoms with E-state index >= 15 is 0 Å². The maximum atomic E-state index is 2.45. The summed E-state index contributed by atoms with van der Waals surface area (Å²) in [5, 5.41) is 0. The van der Waals surface area contributed by atoms with Crippen LogP contribution < -0.4 is 4.90 Å². The molecule has 0 radical (unpaired) electrons. The molecular weight excluding hydrogens is 434 g/mol. The van der Waals surface area contributed by atoms with Gasteiger partial charge in [0.2, 0.25) is 0 Å². The molecular formula is C35H39N. The zero-order chi connectivity index (χ0) is 24.6. The van der Waals surface area contributed by atoms with E-state index in [0.717, 1.165) is 0 Å².